The van der Waals surface area contributed by atoms with Crippen LogP contribution in [0.5, 0.6) is 5.75 Å². The third-order valence-corrected chi connectivity index (χ3v) is 7.90. The number of rotatable bonds is 7. The Hall–Kier alpha value is -3.36. The number of benzene rings is 3. The first kappa shape index (κ1) is 25.3. The summed E-state index contributed by atoms with van der Waals surface area (Å²) in [6.45, 7) is 5.36. The molecule has 5 rings (SSSR count). The van der Waals surface area contributed by atoms with Gasteiger partial charge in [-0.15, -0.1) is 0 Å². The fourth-order valence-corrected chi connectivity index (χ4v) is 5.68. The summed E-state index contributed by atoms with van der Waals surface area (Å²) in [4.78, 5) is 4.86. The summed E-state index contributed by atoms with van der Waals surface area (Å²) in [6, 6.07) is 22.8. The maximum absolute atomic E-state index is 13.1. The van der Waals surface area contributed by atoms with Crippen molar-refractivity contribution < 1.29 is 17.5 Å². The monoisotopic (exact) mass is 521 g/mol. The molecule has 194 valence electrons. The molecule has 0 bridgehead atoms. The summed E-state index contributed by atoms with van der Waals surface area (Å²) >= 11 is 0. The van der Waals surface area contributed by atoms with Crippen LogP contribution in [0.25, 0.3) is 0 Å². The van der Waals surface area contributed by atoms with Crippen molar-refractivity contribution >= 4 is 26.7 Å². The summed E-state index contributed by atoms with van der Waals surface area (Å²) in [5.41, 5.74) is 4.36. The molecule has 2 heterocycles. The normalized spacial score (nSPS) is 17.9. The van der Waals surface area contributed by atoms with Crippen molar-refractivity contribution in [1.29, 1.82) is 0 Å². The quantitative estimate of drug-likeness (QED) is 0.464. The van der Waals surface area contributed by atoms with Crippen LogP contribution in [0.4, 0.5) is 15.8 Å². The number of hydrogen-bond donors (Lipinski definition) is 1. The SMILES string of the molecule is O=S(=O)=C1Oc2ccccc2NCC1CCCN1CCN(c2ccc(Cc3ccc(F)cc3)cc2)CC1. The molecule has 1 atom stereocenters. The van der Waals surface area contributed by atoms with E-state index >= 15 is 0 Å². The highest BCUT2D eigenvalue weighted by Gasteiger charge is 2.25. The third kappa shape index (κ3) is 6.50. The Kier molecular flexibility index (Phi) is 8.06. The molecule has 6 nitrogen and oxygen atoms in total. The van der Waals surface area contributed by atoms with Gasteiger partial charge in [-0.2, -0.15) is 8.42 Å². The number of nitrogens with zero attached hydrogens (tertiary/aromatic N) is 2. The third-order valence-electron chi connectivity index (χ3n) is 7.16. The number of ether oxygens (including phenoxy) is 1. The number of piperazine rings is 1. The Labute approximate surface area is 219 Å². The van der Waals surface area contributed by atoms with Crippen molar-refractivity contribution in [3.05, 3.63) is 89.7 Å². The fourth-order valence-electron chi connectivity index (χ4n) is 5.05. The predicted molar refractivity (Wildman–Crippen MR) is 147 cm³/mol. The number of fused-ring (bicyclic) bond motifs is 1. The molecule has 1 saturated heterocycles. The first-order valence-corrected chi connectivity index (χ1v) is 13.9. The van der Waals surface area contributed by atoms with Gasteiger partial charge in [-0.3, -0.25) is 4.90 Å². The summed E-state index contributed by atoms with van der Waals surface area (Å²) in [5, 5.41) is 3.47. The number of nitrogens with one attached hydrogen (secondary N) is 1. The highest BCUT2D eigenvalue weighted by Crippen LogP contribution is 2.29. The second kappa shape index (κ2) is 11.8. The van der Waals surface area contributed by atoms with E-state index in [-0.39, 0.29) is 16.8 Å². The van der Waals surface area contributed by atoms with Crippen molar-refractivity contribution in [2.24, 2.45) is 5.92 Å². The molecule has 3 aromatic rings. The molecular formula is C29H32FN3O3S. The Morgan fingerprint density at radius 2 is 1.57 bits per heavy atom. The Bertz CT molecular complexity index is 1330. The summed E-state index contributed by atoms with van der Waals surface area (Å²) in [7, 11) is -2.38. The van der Waals surface area contributed by atoms with E-state index in [2.05, 4.69) is 39.4 Å². The molecular weight excluding hydrogens is 489 g/mol. The van der Waals surface area contributed by atoms with Crippen molar-refractivity contribution in [2.75, 3.05) is 49.5 Å². The van der Waals surface area contributed by atoms with Gasteiger partial charge < -0.3 is 15.0 Å². The molecule has 3 aromatic carbocycles. The molecule has 0 aliphatic carbocycles. The van der Waals surface area contributed by atoms with Crippen LogP contribution in [-0.4, -0.2) is 57.6 Å². The van der Waals surface area contributed by atoms with Crippen LogP contribution < -0.4 is 15.0 Å². The van der Waals surface area contributed by atoms with Gasteiger partial charge in [0, 0.05) is 44.3 Å². The van der Waals surface area contributed by atoms with Crippen LogP contribution >= 0.6 is 0 Å². The van der Waals surface area contributed by atoms with Gasteiger partial charge in [-0.1, -0.05) is 36.4 Å². The largest absolute Gasteiger partial charge is 0.443 e. The number of anilines is 2. The lowest BCUT2D eigenvalue weighted by Crippen LogP contribution is -2.46. The van der Waals surface area contributed by atoms with Gasteiger partial charge in [0.15, 0.2) is 5.75 Å². The standard InChI is InChI=1S/C29H32FN3O3S/c30-25-11-7-22(8-12-25)20-23-9-13-26(14-10-23)33-18-16-32(17-19-33)15-3-4-24-21-31-27-5-1-2-6-28(27)36-29(24)37(34)35/h1-2,5-14,24,31H,3-4,15-21H2. The Morgan fingerprint density at radius 3 is 2.27 bits per heavy atom. The van der Waals surface area contributed by atoms with Crippen molar-refractivity contribution in [1.82, 2.24) is 4.90 Å². The molecule has 1 unspecified atom stereocenters. The molecule has 1 N–H and O–H groups in total. The lowest BCUT2D eigenvalue weighted by molar-refractivity contribution is 0.250. The lowest BCUT2D eigenvalue weighted by atomic mass is 10.0. The Balaban J connectivity index is 1.08. The fraction of sp³-hybridized carbons (Fsp3) is 0.345. The molecule has 2 aliphatic rings. The van der Waals surface area contributed by atoms with E-state index < -0.39 is 10.3 Å². The first-order valence-electron chi connectivity index (χ1n) is 12.8. The second-order valence-corrected chi connectivity index (χ2v) is 10.5. The van der Waals surface area contributed by atoms with Crippen LogP contribution in [0.1, 0.15) is 24.0 Å². The van der Waals surface area contributed by atoms with E-state index in [9.17, 15) is 12.8 Å². The lowest BCUT2D eigenvalue weighted by Gasteiger charge is -2.36. The number of halogens is 1. The summed E-state index contributed by atoms with van der Waals surface area (Å²) in [5.74, 6) is 0.172. The molecule has 0 aromatic heterocycles. The average Bonchev–Trinajstić information content (AvgIpc) is 3.11. The smallest absolute Gasteiger partial charge is 0.253 e. The minimum atomic E-state index is -2.38. The van der Waals surface area contributed by atoms with Crippen LogP contribution in [0.2, 0.25) is 0 Å². The highest BCUT2D eigenvalue weighted by molar-refractivity contribution is 7.72. The van der Waals surface area contributed by atoms with E-state index in [1.54, 1.807) is 6.07 Å². The zero-order valence-electron chi connectivity index (χ0n) is 20.8. The molecule has 1 fully saturated rings. The topological polar surface area (TPSA) is 61.9 Å². The van der Waals surface area contributed by atoms with Crippen LogP contribution in [0.15, 0.2) is 72.8 Å². The Morgan fingerprint density at radius 1 is 0.892 bits per heavy atom. The zero-order chi connectivity index (χ0) is 25.6. The maximum atomic E-state index is 13.1. The minimum Gasteiger partial charge on any atom is -0.443 e. The van der Waals surface area contributed by atoms with Crippen molar-refractivity contribution in [2.45, 2.75) is 19.3 Å². The van der Waals surface area contributed by atoms with E-state index in [0.29, 0.717) is 12.3 Å². The van der Waals surface area contributed by atoms with Crippen molar-refractivity contribution in [3.63, 3.8) is 0 Å². The number of para-hydroxylation sites is 2. The number of hydrogen-bond acceptors (Lipinski definition) is 6. The van der Waals surface area contributed by atoms with Crippen LogP contribution in [0.3, 0.4) is 0 Å². The minimum absolute atomic E-state index is 0.130. The first-order chi connectivity index (χ1) is 18.0. The molecule has 8 heteroatoms. The highest BCUT2D eigenvalue weighted by atomic mass is 32.2. The molecule has 0 radical (unpaired) electrons. The van der Waals surface area contributed by atoms with E-state index in [1.807, 2.05) is 30.3 Å². The van der Waals surface area contributed by atoms with E-state index in [1.165, 1.54) is 23.4 Å². The van der Waals surface area contributed by atoms with Crippen LogP contribution in [-0.2, 0) is 16.7 Å². The second-order valence-electron chi connectivity index (χ2n) is 9.67. The van der Waals surface area contributed by atoms with Gasteiger partial charge in [0.05, 0.1) is 5.69 Å². The summed E-state index contributed by atoms with van der Waals surface area (Å²) in [6.07, 6.45) is 2.45. The molecule has 2 aliphatic heterocycles. The van der Waals surface area contributed by atoms with Gasteiger partial charge >= 0.3 is 0 Å². The molecule has 0 spiro atoms. The van der Waals surface area contributed by atoms with Gasteiger partial charge in [-0.05, 0) is 73.3 Å². The van der Waals surface area contributed by atoms with E-state index in [0.717, 1.165) is 63.2 Å². The average molecular weight is 522 g/mol. The van der Waals surface area contributed by atoms with Gasteiger partial charge in [0.1, 0.15) is 5.82 Å². The van der Waals surface area contributed by atoms with Crippen molar-refractivity contribution in [3.8, 4) is 5.75 Å². The van der Waals surface area contributed by atoms with Gasteiger partial charge in [0.25, 0.3) is 10.3 Å². The maximum Gasteiger partial charge on any atom is 0.253 e. The molecule has 0 amide bonds. The van der Waals surface area contributed by atoms with E-state index in [4.69, 9.17) is 4.74 Å². The molecule has 37 heavy (non-hydrogen) atoms. The van der Waals surface area contributed by atoms with Gasteiger partial charge in [-0.25, -0.2) is 4.39 Å². The zero-order valence-corrected chi connectivity index (χ0v) is 21.6. The summed E-state index contributed by atoms with van der Waals surface area (Å²) < 4.78 is 42.7. The van der Waals surface area contributed by atoms with Gasteiger partial charge in [0.2, 0.25) is 5.05 Å². The predicted octanol–water partition coefficient (Wildman–Crippen LogP) is 4.45. The molecule has 0 saturated carbocycles. The van der Waals surface area contributed by atoms with Crippen LogP contribution in [0, 0.1) is 11.7 Å².